The lowest BCUT2D eigenvalue weighted by molar-refractivity contribution is -0.136. The van der Waals surface area contributed by atoms with Gasteiger partial charge in [0.25, 0.3) is 0 Å². The Hall–Kier alpha value is -3.86. The molecule has 0 aromatic carbocycles. The number of carbonyl (C=O) groups excluding carboxylic acids is 7. The lowest BCUT2D eigenvalue weighted by Gasteiger charge is -2.26. The van der Waals surface area contributed by atoms with Crippen LogP contribution in [-0.2, 0) is 40.0 Å². The second-order valence-corrected chi connectivity index (χ2v) is 17.9. The highest BCUT2D eigenvalue weighted by atomic mass is 16.3. The minimum absolute atomic E-state index is 0.00858. The Morgan fingerprint density at radius 3 is 1.61 bits per heavy atom. The average Bonchev–Trinajstić information content (AvgIpc) is 3.79. The molecule has 64 heavy (non-hydrogen) atoms. The van der Waals surface area contributed by atoms with E-state index in [1.807, 2.05) is 13.8 Å². The fraction of sp³-hybridized carbons (Fsp3) is 0.792. The second kappa shape index (κ2) is 35.4. The molecule has 9 N–H and O–H groups in total. The van der Waals surface area contributed by atoms with Gasteiger partial charge in [0, 0.05) is 56.3 Å². The van der Waals surface area contributed by atoms with Gasteiger partial charge in [-0.2, -0.15) is 0 Å². The van der Waals surface area contributed by atoms with Crippen LogP contribution in [0.25, 0.3) is 0 Å². The fourth-order valence-corrected chi connectivity index (χ4v) is 7.88. The Morgan fingerprint density at radius 1 is 0.609 bits per heavy atom. The molecule has 1 aromatic heterocycles. The molecule has 3 amide bonds. The smallest absolute Gasteiger partial charge is 0.226 e. The van der Waals surface area contributed by atoms with Crippen molar-refractivity contribution < 1.29 is 48.9 Å². The molecule has 16 heteroatoms. The van der Waals surface area contributed by atoms with E-state index in [0.717, 1.165) is 19.3 Å². The summed E-state index contributed by atoms with van der Waals surface area (Å²) in [6.45, 7) is 5.91. The van der Waals surface area contributed by atoms with Gasteiger partial charge in [0.1, 0.15) is 17.9 Å². The van der Waals surface area contributed by atoms with Crippen molar-refractivity contribution in [3.05, 3.63) is 18.2 Å². The van der Waals surface area contributed by atoms with E-state index in [-0.39, 0.29) is 50.2 Å². The van der Waals surface area contributed by atoms with Gasteiger partial charge in [-0.1, -0.05) is 105 Å². The minimum Gasteiger partial charge on any atom is -0.396 e. The number of H-pyrrole nitrogens is 1. The zero-order valence-electron chi connectivity index (χ0n) is 39.5. The molecule has 16 nitrogen and oxygen atoms in total. The lowest BCUT2D eigenvalue weighted by Crippen LogP contribution is -2.50. The van der Waals surface area contributed by atoms with E-state index in [1.165, 1.54) is 70.3 Å². The van der Waals surface area contributed by atoms with Crippen LogP contribution >= 0.6 is 0 Å². The number of amides is 3. The van der Waals surface area contributed by atoms with Gasteiger partial charge < -0.3 is 42.0 Å². The number of carbonyl (C=O) groups is 7. The minimum atomic E-state index is -1.43. The first-order valence-corrected chi connectivity index (χ1v) is 24.3. The first-order valence-electron chi connectivity index (χ1n) is 24.3. The summed E-state index contributed by atoms with van der Waals surface area (Å²) in [7, 11) is 0. The van der Waals surface area contributed by atoms with Crippen LogP contribution in [0.3, 0.4) is 0 Å². The Bertz CT molecular complexity index is 1490. The molecule has 0 saturated carbocycles. The van der Waals surface area contributed by atoms with Crippen LogP contribution in [0.4, 0.5) is 0 Å². The zero-order chi connectivity index (χ0) is 47.7. The van der Waals surface area contributed by atoms with Gasteiger partial charge in [0.2, 0.25) is 17.7 Å². The third-order valence-electron chi connectivity index (χ3n) is 11.8. The van der Waals surface area contributed by atoms with Crippen molar-refractivity contribution in [2.24, 2.45) is 29.4 Å². The van der Waals surface area contributed by atoms with Gasteiger partial charge in [-0.25, -0.2) is 4.98 Å². The van der Waals surface area contributed by atoms with E-state index in [4.69, 9.17) is 5.73 Å². The summed E-state index contributed by atoms with van der Waals surface area (Å²) in [5.41, 5.74) is 6.23. The average molecular weight is 905 g/mol. The first-order chi connectivity index (χ1) is 30.7. The Morgan fingerprint density at radius 2 is 1.11 bits per heavy atom. The number of nitrogens with zero attached hydrogens (tertiary/aromatic N) is 1. The number of imidazole rings is 1. The van der Waals surface area contributed by atoms with Crippen LogP contribution < -0.4 is 21.7 Å². The van der Waals surface area contributed by atoms with Crippen molar-refractivity contribution in [2.45, 2.75) is 193 Å². The molecular formula is C48H84N6O10. The van der Waals surface area contributed by atoms with Crippen molar-refractivity contribution in [3.8, 4) is 0 Å². The standard InChI is InChI=1S/C48H84N6O10/c1-5-7-8-9-10-11-12-13-14-15-16-17-18-21-39(58)26-37(30-55)48(64)52-40(22-19-20-23-49)44(60)27-35(24-34(3)4)46(62)54-42(32-57)45(61)28-36(25-38-29-50-33-51-38)47(63)53-41(31-56)43(59)6-2/h29,33-37,40-42,55-57H,5-28,30-32,49H2,1-4H3,(H,50,51)(H,52,64)(H,53,63)(H,54,62)/t35-,36-,37+,40+,41+,42+/m1/s1. The molecular weight excluding hydrogens is 821 g/mol. The number of unbranched alkanes of at least 4 members (excludes halogenated alkanes) is 13. The molecule has 0 aliphatic heterocycles. The first kappa shape index (κ1) is 58.2. The highest BCUT2D eigenvalue weighted by Gasteiger charge is 2.34. The molecule has 0 saturated heterocycles. The monoisotopic (exact) mass is 905 g/mol. The quantitative estimate of drug-likeness (QED) is 0.0414. The number of aromatic nitrogens is 2. The van der Waals surface area contributed by atoms with Crippen molar-refractivity contribution in [3.63, 3.8) is 0 Å². The summed E-state index contributed by atoms with van der Waals surface area (Å²) >= 11 is 0. The number of rotatable bonds is 41. The summed E-state index contributed by atoms with van der Waals surface area (Å²) in [5.74, 6) is -6.71. The molecule has 1 heterocycles. The van der Waals surface area contributed by atoms with E-state index in [9.17, 15) is 48.9 Å². The summed E-state index contributed by atoms with van der Waals surface area (Å²) in [5, 5.41) is 37.9. The van der Waals surface area contributed by atoms with Crippen LogP contribution in [0.15, 0.2) is 12.5 Å². The highest BCUT2D eigenvalue weighted by Crippen LogP contribution is 2.21. The third kappa shape index (κ3) is 25.0. The van der Waals surface area contributed by atoms with Crippen LogP contribution in [0, 0.1) is 23.7 Å². The third-order valence-corrected chi connectivity index (χ3v) is 11.8. The Kier molecular flexibility index (Phi) is 32.2. The molecule has 1 rings (SSSR count). The maximum absolute atomic E-state index is 13.9. The molecule has 0 aliphatic rings. The fourth-order valence-electron chi connectivity index (χ4n) is 7.88. The van der Waals surface area contributed by atoms with Crippen molar-refractivity contribution >= 4 is 40.9 Å². The number of aromatic amines is 1. The topological polar surface area (TPSA) is 271 Å². The van der Waals surface area contributed by atoms with Gasteiger partial charge in [-0.05, 0) is 44.6 Å². The van der Waals surface area contributed by atoms with Crippen LogP contribution in [0.5, 0.6) is 0 Å². The summed E-state index contributed by atoms with van der Waals surface area (Å²) in [4.78, 5) is 100. The number of hydrogen-bond donors (Lipinski definition) is 8. The number of nitrogens with one attached hydrogen (secondary N) is 4. The molecule has 0 unspecified atom stereocenters. The predicted octanol–water partition coefficient (Wildman–Crippen LogP) is 4.75. The van der Waals surface area contributed by atoms with E-state index in [1.54, 1.807) is 6.92 Å². The molecule has 0 spiro atoms. The number of nitrogens with two attached hydrogens (primary N) is 1. The summed E-state index contributed by atoms with van der Waals surface area (Å²) < 4.78 is 0. The molecule has 6 atom stereocenters. The number of ketones is 4. The zero-order valence-corrected chi connectivity index (χ0v) is 39.5. The van der Waals surface area contributed by atoms with Gasteiger partial charge in [-0.3, -0.25) is 33.6 Å². The van der Waals surface area contributed by atoms with Gasteiger partial charge in [0.15, 0.2) is 17.3 Å². The lowest BCUT2D eigenvalue weighted by atomic mass is 9.88. The molecule has 0 fully saturated rings. The normalized spacial score (nSPS) is 14.3. The number of Topliss-reactive ketones (excluding diaryl/α,β-unsaturated/α-hetero) is 4. The van der Waals surface area contributed by atoms with E-state index in [2.05, 4.69) is 32.8 Å². The van der Waals surface area contributed by atoms with Crippen molar-refractivity contribution in [1.82, 2.24) is 25.9 Å². The highest BCUT2D eigenvalue weighted by molar-refractivity contribution is 5.97. The molecule has 0 radical (unpaired) electrons. The Balaban J connectivity index is 2.91. The summed E-state index contributed by atoms with van der Waals surface area (Å²) in [6, 6.07) is -3.62. The molecule has 1 aromatic rings. The molecule has 0 bridgehead atoms. The largest absolute Gasteiger partial charge is 0.396 e. The SMILES string of the molecule is CCCCCCCCCCCCCCCC(=O)C[C@@H](CO)C(=O)N[C@@H](CCCCN)C(=O)C[C@@H](CC(C)C)C(=O)N[C@@H](CO)C(=O)C[C@@H](Cc1cnc[nH]1)C(=O)N[C@@H](CO)C(=O)CC. The number of hydrogen-bond acceptors (Lipinski definition) is 12. The van der Waals surface area contributed by atoms with Crippen molar-refractivity contribution in [2.75, 3.05) is 26.4 Å². The van der Waals surface area contributed by atoms with Gasteiger partial charge in [-0.15, -0.1) is 0 Å². The van der Waals surface area contributed by atoms with Gasteiger partial charge >= 0.3 is 0 Å². The van der Waals surface area contributed by atoms with Gasteiger partial charge in [0.05, 0.1) is 44.0 Å². The molecule has 366 valence electrons. The second-order valence-electron chi connectivity index (χ2n) is 17.9. The van der Waals surface area contributed by atoms with E-state index < -0.39 is 97.2 Å². The molecule has 0 aliphatic carbocycles. The number of aliphatic hydroxyl groups excluding tert-OH is 3. The predicted molar refractivity (Wildman–Crippen MR) is 247 cm³/mol. The van der Waals surface area contributed by atoms with Crippen LogP contribution in [0.2, 0.25) is 0 Å². The number of aliphatic hydroxyl groups is 3. The maximum atomic E-state index is 13.9. The maximum Gasteiger partial charge on any atom is 0.226 e. The Labute approximate surface area is 382 Å². The van der Waals surface area contributed by atoms with Crippen LogP contribution in [-0.4, -0.2) is 111 Å². The van der Waals surface area contributed by atoms with E-state index in [0.29, 0.717) is 37.9 Å². The summed E-state index contributed by atoms with van der Waals surface area (Å²) in [6.07, 6.45) is 19.3. The van der Waals surface area contributed by atoms with E-state index >= 15 is 0 Å². The van der Waals surface area contributed by atoms with Crippen LogP contribution in [0.1, 0.15) is 175 Å². The van der Waals surface area contributed by atoms with Crippen molar-refractivity contribution in [1.29, 1.82) is 0 Å².